The molecule has 1 fully saturated rings. The summed E-state index contributed by atoms with van der Waals surface area (Å²) >= 11 is 0. The maximum absolute atomic E-state index is 12.9. The molecule has 0 spiro atoms. The first-order valence-electron chi connectivity index (χ1n) is 9.86. The fourth-order valence-electron chi connectivity index (χ4n) is 3.73. The number of carbonyl (C=O) groups is 1. The van der Waals surface area contributed by atoms with Gasteiger partial charge in [-0.05, 0) is 68.5 Å². The molecule has 0 bridgehead atoms. The number of hydrogen-bond donors (Lipinski definition) is 1. The molecule has 28 heavy (non-hydrogen) atoms. The lowest BCUT2D eigenvalue weighted by molar-refractivity contribution is 0.102. The number of nitrogens with zero attached hydrogens (tertiary/aromatic N) is 1. The van der Waals surface area contributed by atoms with E-state index in [1.807, 2.05) is 39.0 Å². The quantitative estimate of drug-likeness (QED) is 0.810. The predicted molar refractivity (Wildman–Crippen MR) is 112 cm³/mol. The molecule has 0 saturated carbocycles. The molecule has 0 radical (unpaired) electrons. The molecule has 150 valence electrons. The Morgan fingerprint density at radius 1 is 1.14 bits per heavy atom. The van der Waals surface area contributed by atoms with E-state index < -0.39 is 10.0 Å². The third-order valence-corrected chi connectivity index (χ3v) is 7.47. The highest BCUT2D eigenvalue weighted by molar-refractivity contribution is 7.89. The zero-order valence-corrected chi connectivity index (χ0v) is 17.6. The van der Waals surface area contributed by atoms with Gasteiger partial charge in [0.05, 0.1) is 4.90 Å². The molecule has 2 aromatic carbocycles. The summed E-state index contributed by atoms with van der Waals surface area (Å²) in [5, 5.41) is 2.98. The van der Waals surface area contributed by atoms with Gasteiger partial charge in [0.15, 0.2) is 0 Å². The smallest absolute Gasteiger partial charge is 0.255 e. The van der Waals surface area contributed by atoms with Gasteiger partial charge in [-0.2, -0.15) is 4.31 Å². The van der Waals surface area contributed by atoms with Crippen LogP contribution in [0.4, 0.5) is 5.69 Å². The van der Waals surface area contributed by atoms with Crippen molar-refractivity contribution >= 4 is 21.6 Å². The molecule has 3 rings (SSSR count). The van der Waals surface area contributed by atoms with Gasteiger partial charge >= 0.3 is 0 Å². The molecule has 1 N–H and O–H groups in total. The molecule has 1 heterocycles. The van der Waals surface area contributed by atoms with Crippen molar-refractivity contribution in [3.05, 3.63) is 59.2 Å². The number of benzene rings is 2. The lowest BCUT2D eigenvalue weighted by Gasteiger charge is -2.32. The third kappa shape index (κ3) is 4.13. The number of nitrogens with one attached hydrogen (secondary N) is 1. The van der Waals surface area contributed by atoms with Crippen LogP contribution >= 0.6 is 0 Å². The van der Waals surface area contributed by atoms with Crippen LogP contribution in [-0.2, 0) is 16.4 Å². The van der Waals surface area contributed by atoms with Crippen LogP contribution in [0.5, 0.6) is 0 Å². The first-order valence-corrected chi connectivity index (χ1v) is 11.3. The lowest BCUT2D eigenvalue weighted by Crippen LogP contribution is -2.41. The van der Waals surface area contributed by atoms with E-state index in [9.17, 15) is 13.2 Å². The van der Waals surface area contributed by atoms with E-state index in [-0.39, 0.29) is 16.8 Å². The first-order chi connectivity index (χ1) is 13.3. The normalized spacial score (nSPS) is 18.0. The first kappa shape index (κ1) is 20.6. The van der Waals surface area contributed by atoms with E-state index in [1.165, 1.54) is 12.1 Å². The minimum absolute atomic E-state index is 0.00949. The van der Waals surface area contributed by atoms with Crippen molar-refractivity contribution in [2.24, 2.45) is 0 Å². The molecule has 0 aliphatic carbocycles. The molecule has 5 nitrogen and oxygen atoms in total. The minimum Gasteiger partial charge on any atom is -0.321 e. The van der Waals surface area contributed by atoms with E-state index in [0.29, 0.717) is 12.1 Å². The largest absolute Gasteiger partial charge is 0.321 e. The zero-order valence-electron chi connectivity index (χ0n) is 16.7. The fourth-order valence-corrected chi connectivity index (χ4v) is 5.43. The molecular weight excluding hydrogens is 372 g/mol. The van der Waals surface area contributed by atoms with Crippen LogP contribution in [0.2, 0.25) is 0 Å². The van der Waals surface area contributed by atoms with E-state index in [1.54, 1.807) is 16.4 Å². The Hall–Kier alpha value is -2.18. The van der Waals surface area contributed by atoms with Crippen LogP contribution in [0, 0.1) is 6.92 Å². The SMILES string of the molecule is CCc1cccc(C)c1NC(=O)c1ccc(S(=O)(=O)N2CCCCC2C)cc1. The molecule has 1 saturated heterocycles. The zero-order chi connectivity index (χ0) is 20.3. The van der Waals surface area contributed by atoms with Gasteiger partial charge in [0.2, 0.25) is 10.0 Å². The number of carbonyl (C=O) groups excluding carboxylic acids is 1. The van der Waals surface area contributed by atoms with Gasteiger partial charge in [-0.15, -0.1) is 0 Å². The summed E-state index contributed by atoms with van der Waals surface area (Å²) in [5.74, 6) is -0.237. The molecule has 6 heteroatoms. The molecule has 1 unspecified atom stereocenters. The van der Waals surface area contributed by atoms with Crippen LogP contribution in [-0.4, -0.2) is 31.2 Å². The van der Waals surface area contributed by atoms with Crippen molar-refractivity contribution in [1.29, 1.82) is 0 Å². The summed E-state index contributed by atoms with van der Waals surface area (Å²) in [6.45, 7) is 6.51. The fraction of sp³-hybridized carbons (Fsp3) is 0.409. The molecule has 1 amide bonds. The molecule has 2 aromatic rings. The Bertz CT molecular complexity index is 952. The lowest BCUT2D eigenvalue weighted by atomic mass is 10.1. The van der Waals surface area contributed by atoms with E-state index >= 15 is 0 Å². The van der Waals surface area contributed by atoms with Crippen LogP contribution in [0.15, 0.2) is 47.4 Å². The van der Waals surface area contributed by atoms with Gasteiger partial charge in [0.25, 0.3) is 5.91 Å². The maximum atomic E-state index is 12.9. The Labute approximate surface area is 167 Å². The van der Waals surface area contributed by atoms with Gasteiger partial charge in [-0.1, -0.05) is 31.5 Å². The van der Waals surface area contributed by atoms with Crippen LogP contribution in [0.3, 0.4) is 0 Å². The molecular formula is C22H28N2O3S. The van der Waals surface area contributed by atoms with Gasteiger partial charge in [0.1, 0.15) is 0 Å². The van der Waals surface area contributed by atoms with Crippen molar-refractivity contribution in [3.8, 4) is 0 Å². The molecule has 1 aliphatic heterocycles. The minimum atomic E-state index is -3.53. The number of amides is 1. The highest BCUT2D eigenvalue weighted by Gasteiger charge is 2.30. The Morgan fingerprint density at radius 3 is 2.50 bits per heavy atom. The number of sulfonamides is 1. The monoisotopic (exact) mass is 400 g/mol. The maximum Gasteiger partial charge on any atom is 0.255 e. The van der Waals surface area contributed by atoms with Gasteiger partial charge in [-0.3, -0.25) is 4.79 Å². The summed E-state index contributed by atoms with van der Waals surface area (Å²) < 4.78 is 27.4. The Balaban J connectivity index is 1.80. The van der Waals surface area contributed by atoms with Gasteiger partial charge in [-0.25, -0.2) is 8.42 Å². The van der Waals surface area contributed by atoms with Crippen molar-refractivity contribution in [2.75, 3.05) is 11.9 Å². The van der Waals surface area contributed by atoms with Crippen LogP contribution in [0.1, 0.15) is 54.6 Å². The summed E-state index contributed by atoms with van der Waals surface area (Å²) in [6, 6.07) is 12.2. The average Bonchev–Trinajstić information content (AvgIpc) is 2.69. The summed E-state index contributed by atoms with van der Waals surface area (Å²) in [7, 11) is -3.53. The third-order valence-electron chi connectivity index (χ3n) is 5.44. The summed E-state index contributed by atoms with van der Waals surface area (Å²) in [4.78, 5) is 12.9. The molecule has 0 aromatic heterocycles. The van der Waals surface area contributed by atoms with Crippen molar-refractivity contribution in [2.45, 2.75) is 57.4 Å². The van der Waals surface area contributed by atoms with Crippen molar-refractivity contribution < 1.29 is 13.2 Å². The number of hydrogen-bond acceptors (Lipinski definition) is 3. The van der Waals surface area contributed by atoms with Crippen molar-refractivity contribution in [1.82, 2.24) is 4.31 Å². The Morgan fingerprint density at radius 2 is 1.86 bits per heavy atom. The Kier molecular flexibility index (Phi) is 6.20. The molecule has 1 atom stereocenters. The number of aryl methyl sites for hydroxylation is 2. The summed E-state index contributed by atoms with van der Waals surface area (Å²) in [6.07, 6.45) is 3.66. The second-order valence-corrected chi connectivity index (χ2v) is 9.29. The van der Waals surface area contributed by atoms with Crippen molar-refractivity contribution in [3.63, 3.8) is 0 Å². The number of piperidine rings is 1. The number of anilines is 1. The van der Waals surface area contributed by atoms with Crippen LogP contribution in [0.25, 0.3) is 0 Å². The topological polar surface area (TPSA) is 66.5 Å². The summed E-state index contributed by atoms with van der Waals surface area (Å²) in [5.41, 5.74) is 3.35. The molecule has 1 aliphatic rings. The second-order valence-electron chi connectivity index (χ2n) is 7.40. The van der Waals surface area contributed by atoms with E-state index in [0.717, 1.165) is 42.5 Å². The van der Waals surface area contributed by atoms with Gasteiger partial charge < -0.3 is 5.32 Å². The predicted octanol–water partition coefficient (Wildman–Crippen LogP) is 4.37. The van der Waals surface area contributed by atoms with Gasteiger partial charge in [0, 0.05) is 23.8 Å². The average molecular weight is 401 g/mol. The second kappa shape index (κ2) is 8.45. The highest BCUT2D eigenvalue weighted by atomic mass is 32.2. The van der Waals surface area contributed by atoms with E-state index in [4.69, 9.17) is 0 Å². The standard InChI is InChI=1S/C22H28N2O3S/c1-4-18-10-7-8-16(2)21(18)23-22(25)19-11-13-20(14-12-19)28(26,27)24-15-6-5-9-17(24)3/h7-8,10-14,17H,4-6,9,15H2,1-3H3,(H,23,25). The van der Waals surface area contributed by atoms with Crippen LogP contribution < -0.4 is 5.32 Å². The van der Waals surface area contributed by atoms with E-state index in [2.05, 4.69) is 5.32 Å². The highest BCUT2D eigenvalue weighted by Crippen LogP contribution is 2.26. The number of rotatable bonds is 5. The number of para-hydroxylation sites is 1.